The number of phenolic OH excluding ortho intramolecular Hbond substituents is 1. The molecule has 24 heavy (non-hydrogen) atoms. The number of hydrogen-bond acceptors (Lipinski definition) is 3. The van der Waals surface area contributed by atoms with Crippen molar-refractivity contribution in [3.8, 4) is 5.75 Å². The number of nitrogens with one attached hydrogen (secondary N) is 1. The van der Waals surface area contributed by atoms with Crippen LogP contribution in [0, 0.1) is 0 Å². The maximum Gasteiger partial charge on any atom is 0.317 e. The van der Waals surface area contributed by atoms with E-state index in [9.17, 15) is 9.90 Å². The summed E-state index contributed by atoms with van der Waals surface area (Å²) >= 11 is 0. The van der Waals surface area contributed by atoms with Crippen molar-refractivity contribution in [2.75, 3.05) is 13.6 Å². The summed E-state index contributed by atoms with van der Waals surface area (Å²) in [5.74, 6) is 0.989. The van der Waals surface area contributed by atoms with E-state index in [1.54, 1.807) is 30.1 Å². The fraction of sp³-hybridized carbons (Fsp3) is 0.211. The van der Waals surface area contributed by atoms with Crippen molar-refractivity contribution in [2.24, 2.45) is 0 Å². The lowest BCUT2D eigenvalue weighted by atomic mass is 10.1. The lowest BCUT2D eigenvalue weighted by Gasteiger charge is -2.16. The van der Waals surface area contributed by atoms with Crippen LogP contribution in [0.2, 0.25) is 0 Å². The molecule has 2 N–H and O–H groups in total. The molecule has 1 heterocycles. The number of carbonyl (C=O) groups is 1. The van der Waals surface area contributed by atoms with Crippen LogP contribution in [-0.2, 0) is 13.0 Å². The molecule has 1 aromatic heterocycles. The zero-order valence-electron chi connectivity index (χ0n) is 13.5. The molecule has 0 atom stereocenters. The number of benzene rings is 2. The number of fused-ring (bicyclic) bond motifs is 1. The molecular weight excluding hydrogens is 304 g/mol. The van der Waals surface area contributed by atoms with Gasteiger partial charge in [0.15, 0.2) is 0 Å². The van der Waals surface area contributed by atoms with Crippen LogP contribution in [0.3, 0.4) is 0 Å². The second-order valence-corrected chi connectivity index (χ2v) is 5.76. The largest absolute Gasteiger partial charge is 0.508 e. The highest BCUT2D eigenvalue weighted by Crippen LogP contribution is 2.19. The Labute approximate surface area is 140 Å². The number of amides is 2. The highest BCUT2D eigenvalue weighted by molar-refractivity contribution is 5.78. The Kier molecular flexibility index (Phi) is 4.70. The average molecular weight is 324 g/mol. The number of nitrogens with zero attached hydrogens (tertiary/aromatic N) is 1. The van der Waals surface area contributed by atoms with Gasteiger partial charge in [-0.15, -0.1) is 0 Å². The van der Waals surface area contributed by atoms with Crippen molar-refractivity contribution in [2.45, 2.75) is 13.0 Å². The lowest BCUT2D eigenvalue weighted by Crippen LogP contribution is -2.37. The van der Waals surface area contributed by atoms with Gasteiger partial charge in [0.2, 0.25) is 0 Å². The van der Waals surface area contributed by atoms with Crippen LogP contribution in [0.25, 0.3) is 11.0 Å². The van der Waals surface area contributed by atoms with E-state index < -0.39 is 0 Å². The molecule has 2 amide bonds. The first-order valence-corrected chi connectivity index (χ1v) is 7.86. The summed E-state index contributed by atoms with van der Waals surface area (Å²) in [6.07, 6.45) is 0.665. The second kappa shape index (κ2) is 7.08. The van der Waals surface area contributed by atoms with E-state index in [4.69, 9.17) is 4.42 Å². The monoisotopic (exact) mass is 324 g/mol. The van der Waals surface area contributed by atoms with E-state index in [2.05, 4.69) is 5.32 Å². The first-order chi connectivity index (χ1) is 11.6. The summed E-state index contributed by atoms with van der Waals surface area (Å²) in [6.45, 7) is 0.916. The molecule has 0 spiro atoms. The van der Waals surface area contributed by atoms with Crippen molar-refractivity contribution < 1.29 is 14.3 Å². The first kappa shape index (κ1) is 15.9. The van der Waals surface area contributed by atoms with Crippen molar-refractivity contribution in [3.63, 3.8) is 0 Å². The van der Waals surface area contributed by atoms with Crippen molar-refractivity contribution >= 4 is 17.0 Å². The lowest BCUT2D eigenvalue weighted by molar-refractivity contribution is 0.203. The summed E-state index contributed by atoms with van der Waals surface area (Å²) in [4.78, 5) is 13.7. The van der Waals surface area contributed by atoms with Crippen molar-refractivity contribution in [3.05, 3.63) is 65.9 Å². The Hall–Kier alpha value is -2.95. The molecule has 3 aromatic rings. The SMILES string of the molecule is CN(Cc1cc2ccccc2o1)C(=O)NCCc1cccc(O)c1. The van der Waals surface area contributed by atoms with Crippen LogP contribution in [0.5, 0.6) is 5.75 Å². The van der Waals surface area contributed by atoms with Gasteiger partial charge in [-0.1, -0.05) is 30.3 Å². The number of hydrogen-bond donors (Lipinski definition) is 2. The van der Waals surface area contributed by atoms with Gasteiger partial charge in [0.05, 0.1) is 6.54 Å². The predicted octanol–water partition coefficient (Wildman–Crippen LogP) is 3.52. The smallest absolute Gasteiger partial charge is 0.317 e. The number of urea groups is 1. The van der Waals surface area contributed by atoms with Crippen LogP contribution in [0.4, 0.5) is 4.79 Å². The minimum atomic E-state index is -0.157. The third-order valence-corrected chi connectivity index (χ3v) is 3.82. The van der Waals surface area contributed by atoms with Crippen LogP contribution < -0.4 is 5.32 Å². The number of para-hydroxylation sites is 1. The molecule has 0 aliphatic rings. The summed E-state index contributed by atoms with van der Waals surface area (Å²) in [5.41, 5.74) is 1.81. The van der Waals surface area contributed by atoms with Gasteiger partial charge < -0.3 is 19.7 Å². The Morgan fingerprint density at radius 2 is 2.00 bits per heavy atom. The number of aromatic hydroxyl groups is 1. The molecule has 0 unspecified atom stereocenters. The van der Waals surface area contributed by atoms with Gasteiger partial charge in [-0.05, 0) is 36.2 Å². The Morgan fingerprint density at radius 1 is 1.17 bits per heavy atom. The maximum atomic E-state index is 12.1. The zero-order chi connectivity index (χ0) is 16.9. The second-order valence-electron chi connectivity index (χ2n) is 5.76. The van der Waals surface area contributed by atoms with Crippen LogP contribution in [0.15, 0.2) is 59.0 Å². The summed E-state index contributed by atoms with van der Waals surface area (Å²) < 4.78 is 5.73. The molecule has 124 valence electrons. The molecular formula is C19H20N2O3. The third kappa shape index (κ3) is 3.87. The van der Waals surface area contributed by atoms with Crippen molar-refractivity contribution in [1.82, 2.24) is 10.2 Å². The fourth-order valence-electron chi connectivity index (χ4n) is 2.58. The average Bonchev–Trinajstić information content (AvgIpc) is 2.97. The molecule has 2 aromatic carbocycles. The summed E-state index contributed by atoms with van der Waals surface area (Å²) in [7, 11) is 1.73. The Morgan fingerprint density at radius 3 is 2.79 bits per heavy atom. The zero-order valence-corrected chi connectivity index (χ0v) is 13.5. The summed E-state index contributed by atoms with van der Waals surface area (Å²) in [6, 6.07) is 16.6. The Balaban J connectivity index is 1.51. The number of furan rings is 1. The minimum absolute atomic E-state index is 0.157. The van der Waals surface area contributed by atoms with Crippen LogP contribution in [-0.4, -0.2) is 29.6 Å². The standard InChI is InChI=1S/C19H20N2O3/c1-21(13-17-12-15-6-2-3-8-18(15)24-17)19(23)20-10-9-14-5-4-7-16(22)11-14/h2-8,11-12,22H,9-10,13H2,1H3,(H,20,23). The Bertz CT molecular complexity index is 808. The van der Waals surface area contributed by atoms with Gasteiger partial charge >= 0.3 is 6.03 Å². The predicted molar refractivity (Wildman–Crippen MR) is 92.9 cm³/mol. The minimum Gasteiger partial charge on any atom is -0.508 e. The molecule has 0 bridgehead atoms. The van der Waals surface area contributed by atoms with E-state index in [1.165, 1.54) is 0 Å². The normalized spacial score (nSPS) is 10.7. The molecule has 0 fully saturated rings. The molecule has 3 rings (SSSR count). The maximum absolute atomic E-state index is 12.1. The molecule has 0 aliphatic heterocycles. The van der Waals surface area contributed by atoms with E-state index in [-0.39, 0.29) is 11.8 Å². The fourth-order valence-corrected chi connectivity index (χ4v) is 2.58. The highest BCUT2D eigenvalue weighted by atomic mass is 16.3. The van der Waals surface area contributed by atoms with Gasteiger partial charge in [-0.25, -0.2) is 4.79 Å². The van der Waals surface area contributed by atoms with Crippen LogP contribution in [0.1, 0.15) is 11.3 Å². The number of phenols is 1. The molecule has 0 aliphatic carbocycles. The topological polar surface area (TPSA) is 65.7 Å². The molecule has 0 saturated carbocycles. The van der Waals surface area contributed by atoms with Crippen LogP contribution >= 0.6 is 0 Å². The summed E-state index contributed by atoms with van der Waals surface area (Å²) in [5, 5.41) is 13.3. The van der Waals surface area contributed by atoms with Gasteiger partial charge in [-0.2, -0.15) is 0 Å². The first-order valence-electron chi connectivity index (χ1n) is 7.86. The molecule has 5 heteroatoms. The molecule has 5 nitrogen and oxygen atoms in total. The number of carbonyl (C=O) groups excluding carboxylic acids is 1. The van der Waals surface area contributed by atoms with E-state index in [0.29, 0.717) is 19.5 Å². The van der Waals surface area contributed by atoms with E-state index in [0.717, 1.165) is 22.3 Å². The highest BCUT2D eigenvalue weighted by Gasteiger charge is 2.11. The molecule has 0 radical (unpaired) electrons. The van der Waals surface area contributed by atoms with E-state index >= 15 is 0 Å². The third-order valence-electron chi connectivity index (χ3n) is 3.82. The number of rotatable bonds is 5. The van der Waals surface area contributed by atoms with Gasteiger partial charge in [0.25, 0.3) is 0 Å². The van der Waals surface area contributed by atoms with Gasteiger partial charge in [0.1, 0.15) is 17.1 Å². The molecule has 0 saturated heterocycles. The van der Waals surface area contributed by atoms with Gasteiger partial charge in [0, 0.05) is 19.0 Å². The van der Waals surface area contributed by atoms with Crippen molar-refractivity contribution in [1.29, 1.82) is 0 Å². The van der Waals surface area contributed by atoms with Gasteiger partial charge in [-0.3, -0.25) is 0 Å². The van der Waals surface area contributed by atoms with E-state index in [1.807, 2.05) is 36.4 Å². The quantitative estimate of drug-likeness (QED) is 0.754.